The average Bonchev–Trinajstić information content (AvgIpc) is 3.23. The zero-order valence-electron chi connectivity index (χ0n) is 18.3. The van der Waals surface area contributed by atoms with Crippen LogP contribution in [-0.2, 0) is 11.2 Å². The Morgan fingerprint density at radius 3 is 2.43 bits per heavy atom. The Hall–Kier alpha value is -2.42. The molecule has 2 aromatic carbocycles. The number of hydrogen-bond acceptors (Lipinski definition) is 6. The summed E-state index contributed by atoms with van der Waals surface area (Å²) in [5.41, 5.74) is -1.26. The van der Waals surface area contributed by atoms with Crippen molar-refractivity contribution in [3.8, 4) is 5.75 Å². The van der Waals surface area contributed by atoms with E-state index in [1.54, 1.807) is 12.3 Å². The molecular weight excluding hydrogens is 548 g/mol. The number of pyridine rings is 2. The number of halogens is 2. The summed E-state index contributed by atoms with van der Waals surface area (Å²) in [7, 11) is 0. The first-order valence-electron chi connectivity index (χ1n) is 11.1. The molecule has 0 spiro atoms. The Morgan fingerprint density at radius 2 is 1.71 bits per heavy atom. The third kappa shape index (κ3) is 3.37. The van der Waals surface area contributed by atoms with Crippen molar-refractivity contribution in [1.29, 1.82) is 0 Å². The monoisotopic (exact) mass is 566 g/mol. The molecule has 8 heteroatoms. The second-order valence-corrected chi connectivity index (χ2v) is 11.2. The lowest BCUT2D eigenvalue weighted by Gasteiger charge is -2.40. The summed E-state index contributed by atoms with van der Waals surface area (Å²) < 4.78 is 7.62. The lowest BCUT2D eigenvalue weighted by Crippen LogP contribution is -2.52. The standard InChI is InChI=1S/C27H20BrClN2O3S/c28-18-11-9-17(10-12-18)27-22(16-6-2-1-3-7-16)23(35-21-8-4-5-13-30-21)25(32)26(27,33)24-20(34-27)14-19(29)15-31-24/h1-15,22-23,25,32-33H/t22-,23-,25?,26+,27+/m1/s1. The van der Waals surface area contributed by atoms with E-state index in [-0.39, 0.29) is 5.69 Å². The number of hydrogen-bond donors (Lipinski definition) is 2. The predicted octanol–water partition coefficient (Wildman–Crippen LogP) is 5.69. The van der Waals surface area contributed by atoms with Crippen molar-refractivity contribution < 1.29 is 14.9 Å². The fourth-order valence-electron chi connectivity index (χ4n) is 5.45. The van der Waals surface area contributed by atoms with Crippen LogP contribution in [0.15, 0.2) is 101 Å². The summed E-state index contributed by atoms with van der Waals surface area (Å²) >= 11 is 11.2. The van der Waals surface area contributed by atoms with Gasteiger partial charge in [0, 0.05) is 28.9 Å². The number of fused-ring (bicyclic) bond motifs is 3. The highest BCUT2D eigenvalue weighted by molar-refractivity contribution is 9.10. The van der Waals surface area contributed by atoms with Crippen LogP contribution in [0, 0.1) is 0 Å². The summed E-state index contributed by atoms with van der Waals surface area (Å²) in [5, 5.41) is 25.2. The molecule has 2 N–H and O–H groups in total. The molecule has 0 radical (unpaired) electrons. The van der Waals surface area contributed by atoms with E-state index < -0.39 is 28.5 Å². The third-order valence-corrected chi connectivity index (χ3v) is 8.87. The van der Waals surface area contributed by atoms with Crippen LogP contribution < -0.4 is 4.74 Å². The van der Waals surface area contributed by atoms with Gasteiger partial charge in [0.25, 0.3) is 0 Å². The minimum Gasteiger partial charge on any atom is -0.476 e. The van der Waals surface area contributed by atoms with Gasteiger partial charge in [0.15, 0.2) is 11.2 Å². The fraction of sp³-hybridized carbons (Fsp3) is 0.185. The van der Waals surface area contributed by atoms with Crippen molar-refractivity contribution in [3.05, 3.63) is 118 Å². The van der Waals surface area contributed by atoms with Crippen molar-refractivity contribution >= 4 is 39.3 Å². The molecule has 2 aromatic heterocycles. The third-order valence-electron chi connectivity index (χ3n) is 6.85. The average molecular weight is 568 g/mol. The topological polar surface area (TPSA) is 75.5 Å². The van der Waals surface area contributed by atoms with Crippen LogP contribution in [0.3, 0.4) is 0 Å². The summed E-state index contributed by atoms with van der Waals surface area (Å²) in [6, 6.07) is 24.8. The Morgan fingerprint density at radius 1 is 0.971 bits per heavy atom. The highest BCUT2D eigenvalue weighted by Gasteiger charge is 2.77. The summed E-state index contributed by atoms with van der Waals surface area (Å²) in [5.74, 6) is -0.0888. The maximum atomic E-state index is 12.6. The summed E-state index contributed by atoms with van der Waals surface area (Å²) in [6.07, 6.45) is 1.97. The Kier molecular flexibility index (Phi) is 5.66. The molecule has 5 nitrogen and oxygen atoms in total. The molecule has 6 rings (SSSR count). The van der Waals surface area contributed by atoms with Gasteiger partial charge in [-0.15, -0.1) is 0 Å². The van der Waals surface area contributed by atoms with Gasteiger partial charge in [0.1, 0.15) is 17.5 Å². The Balaban J connectivity index is 1.64. The smallest absolute Gasteiger partial charge is 0.182 e. The van der Waals surface area contributed by atoms with Gasteiger partial charge in [-0.25, -0.2) is 4.98 Å². The lowest BCUT2D eigenvalue weighted by atomic mass is 9.72. The first-order chi connectivity index (χ1) is 16.9. The number of aliphatic hydroxyl groups is 2. The zero-order chi connectivity index (χ0) is 24.2. The van der Waals surface area contributed by atoms with Gasteiger partial charge in [-0.05, 0) is 35.4 Å². The van der Waals surface area contributed by atoms with E-state index in [0.29, 0.717) is 10.8 Å². The van der Waals surface area contributed by atoms with Crippen molar-refractivity contribution in [1.82, 2.24) is 9.97 Å². The summed E-state index contributed by atoms with van der Waals surface area (Å²) in [6.45, 7) is 0. The predicted molar refractivity (Wildman–Crippen MR) is 139 cm³/mol. The maximum Gasteiger partial charge on any atom is 0.182 e. The van der Waals surface area contributed by atoms with E-state index in [2.05, 4.69) is 25.9 Å². The van der Waals surface area contributed by atoms with Crippen LogP contribution in [0.4, 0.5) is 0 Å². The highest BCUT2D eigenvalue weighted by atomic mass is 79.9. The molecule has 1 aliphatic heterocycles. The molecule has 1 saturated carbocycles. The van der Waals surface area contributed by atoms with Gasteiger partial charge in [-0.2, -0.15) is 0 Å². The van der Waals surface area contributed by atoms with Crippen LogP contribution in [-0.4, -0.2) is 31.5 Å². The molecule has 35 heavy (non-hydrogen) atoms. The van der Waals surface area contributed by atoms with Crippen LogP contribution >= 0.6 is 39.3 Å². The van der Waals surface area contributed by atoms with Crippen LogP contribution in [0.2, 0.25) is 5.02 Å². The minimum atomic E-state index is -1.84. The van der Waals surface area contributed by atoms with Crippen molar-refractivity contribution in [2.24, 2.45) is 0 Å². The van der Waals surface area contributed by atoms with E-state index in [1.807, 2.05) is 72.8 Å². The molecule has 0 bridgehead atoms. The van der Waals surface area contributed by atoms with Crippen molar-refractivity contribution in [2.45, 2.75) is 33.5 Å². The number of benzene rings is 2. The molecule has 1 aliphatic carbocycles. The van der Waals surface area contributed by atoms with Crippen LogP contribution in [0.1, 0.15) is 22.7 Å². The van der Waals surface area contributed by atoms with E-state index in [4.69, 9.17) is 16.3 Å². The number of rotatable bonds is 4. The molecule has 4 aromatic rings. The second-order valence-electron chi connectivity index (χ2n) is 8.69. The van der Waals surface area contributed by atoms with Crippen molar-refractivity contribution in [2.75, 3.05) is 0 Å². The summed E-state index contributed by atoms with van der Waals surface area (Å²) in [4.78, 5) is 8.95. The largest absolute Gasteiger partial charge is 0.476 e. The molecule has 1 unspecified atom stereocenters. The van der Waals surface area contributed by atoms with E-state index in [0.717, 1.165) is 20.6 Å². The Labute approximate surface area is 220 Å². The molecule has 176 valence electrons. The SMILES string of the molecule is OC1[C@H](Sc2ccccn2)[C@@H](c2ccccc2)[C@]2(c3ccc(Br)cc3)Oc3cc(Cl)cnc3[C@]12O. The van der Waals surface area contributed by atoms with Gasteiger partial charge < -0.3 is 14.9 Å². The molecule has 1 fully saturated rings. The van der Waals surface area contributed by atoms with E-state index >= 15 is 0 Å². The number of aromatic nitrogens is 2. The minimum absolute atomic E-state index is 0.280. The van der Waals surface area contributed by atoms with Gasteiger partial charge >= 0.3 is 0 Å². The lowest BCUT2D eigenvalue weighted by molar-refractivity contribution is -0.150. The number of ether oxygens (including phenoxy) is 1. The van der Waals surface area contributed by atoms with Gasteiger partial charge in [0.2, 0.25) is 0 Å². The highest BCUT2D eigenvalue weighted by Crippen LogP contribution is 2.68. The molecule has 0 amide bonds. The van der Waals surface area contributed by atoms with Gasteiger partial charge in [0.05, 0.1) is 15.3 Å². The Bertz CT molecular complexity index is 1380. The number of aliphatic hydroxyl groups excluding tert-OH is 1. The first kappa shape index (κ1) is 23.0. The van der Waals surface area contributed by atoms with E-state index in [9.17, 15) is 10.2 Å². The van der Waals surface area contributed by atoms with Crippen LogP contribution in [0.25, 0.3) is 0 Å². The maximum absolute atomic E-state index is 12.6. The molecule has 5 atom stereocenters. The van der Waals surface area contributed by atoms with Gasteiger partial charge in [-0.1, -0.05) is 87.8 Å². The van der Waals surface area contributed by atoms with E-state index in [1.165, 1.54) is 18.0 Å². The number of thioether (sulfide) groups is 1. The second kappa shape index (κ2) is 8.61. The number of nitrogens with zero attached hydrogens (tertiary/aromatic N) is 2. The quantitative estimate of drug-likeness (QED) is 0.330. The van der Waals surface area contributed by atoms with Gasteiger partial charge in [-0.3, -0.25) is 4.98 Å². The fourth-order valence-corrected chi connectivity index (χ4v) is 7.23. The zero-order valence-corrected chi connectivity index (χ0v) is 21.4. The molecule has 0 saturated heterocycles. The van der Waals surface area contributed by atoms with Crippen molar-refractivity contribution in [3.63, 3.8) is 0 Å². The molecule has 3 heterocycles. The molecule has 2 aliphatic rings. The van der Waals surface area contributed by atoms with Crippen LogP contribution in [0.5, 0.6) is 5.75 Å². The molecular formula is C27H20BrClN2O3S. The first-order valence-corrected chi connectivity index (χ1v) is 13.1. The normalized spacial score (nSPS) is 28.9.